The highest BCUT2D eigenvalue weighted by Crippen LogP contribution is 2.25. The molecule has 0 aliphatic heterocycles. The number of amides is 1. The summed E-state index contributed by atoms with van der Waals surface area (Å²) in [6, 6.07) is 19.4. The molecular weight excluding hydrogens is 464 g/mol. The Labute approximate surface area is 206 Å². The van der Waals surface area contributed by atoms with E-state index in [4.69, 9.17) is 0 Å². The molecule has 184 valence electrons. The number of esters is 1. The molecule has 1 N–H and O–H groups in total. The van der Waals surface area contributed by atoms with Crippen LogP contribution in [-0.4, -0.2) is 44.8 Å². The van der Waals surface area contributed by atoms with E-state index in [1.165, 1.54) is 23.5 Å². The standard InChI is InChI=1S/C27H30N2O5S/c1-19-16-20(2)26(21(3)17-19)35(32,33)29(15-14-22-8-6-5-7-9-22)18-25(30)28-24-12-10-23(11-13-24)27(31)34-4/h5-13,16-17H,14-15,18H2,1-4H3,(H,28,30). The molecule has 0 heterocycles. The van der Waals surface area contributed by atoms with Crippen LogP contribution in [0.1, 0.15) is 32.6 Å². The summed E-state index contributed by atoms with van der Waals surface area (Å²) in [5.41, 5.74) is 4.04. The number of hydrogen-bond acceptors (Lipinski definition) is 5. The second-order valence-corrected chi connectivity index (χ2v) is 10.3. The van der Waals surface area contributed by atoms with E-state index in [1.807, 2.05) is 49.4 Å². The maximum Gasteiger partial charge on any atom is 0.337 e. The van der Waals surface area contributed by atoms with Crippen molar-refractivity contribution in [1.29, 1.82) is 0 Å². The number of nitrogens with zero attached hydrogens (tertiary/aromatic N) is 1. The van der Waals surface area contributed by atoms with Crippen LogP contribution in [0.2, 0.25) is 0 Å². The Morgan fingerprint density at radius 3 is 2.09 bits per heavy atom. The minimum absolute atomic E-state index is 0.147. The molecule has 3 aromatic carbocycles. The molecule has 0 atom stereocenters. The average molecular weight is 495 g/mol. The Bertz CT molecular complexity index is 1280. The van der Waals surface area contributed by atoms with E-state index < -0.39 is 21.9 Å². The molecule has 0 aliphatic rings. The quantitative estimate of drug-likeness (QED) is 0.449. The minimum Gasteiger partial charge on any atom is -0.465 e. The van der Waals surface area contributed by atoms with Gasteiger partial charge in [0, 0.05) is 12.2 Å². The summed E-state index contributed by atoms with van der Waals surface area (Å²) in [6.07, 6.45) is 0.463. The highest BCUT2D eigenvalue weighted by molar-refractivity contribution is 7.89. The SMILES string of the molecule is COC(=O)c1ccc(NC(=O)CN(CCc2ccccc2)S(=O)(=O)c2c(C)cc(C)cc2C)cc1. The average Bonchev–Trinajstić information content (AvgIpc) is 2.81. The third kappa shape index (κ3) is 6.55. The topological polar surface area (TPSA) is 92.8 Å². The normalized spacial score (nSPS) is 11.3. The molecule has 8 heteroatoms. The van der Waals surface area contributed by atoms with Gasteiger partial charge in [0.2, 0.25) is 15.9 Å². The number of methoxy groups -OCH3 is 1. The first kappa shape index (κ1) is 26.1. The van der Waals surface area contributed by atoms with Crippen LogP contribution in [0, 0.1) is 20.8 Å². The first-order valence-electron chi connectivity index (χ1n) is 11.2. The molecule has 3 rings (SSSR count). The Balaban J connectivity index is 1.85. The highest BCUT2D eigenvalue weighted by atomic mass is 32.2. The van der Waals surface area contributed by atoms with E-state index in [1.54, 1.807) is 26.0 Å². The van der Waals surface area contributed by atoms with Crippen LogP contribution in [0.5, 0.6) is 0 Å². The summed E-state index contributed by atoms with van der Waals surface area (Å²) in [5.74, 6) is -0.959. The number of anilines is 1. The fraction of sp³-hybridized carbons (Fsp3) is 0.259. The zero-order chi connectivity index (χ0) is 25.6. The third-order valence-corrected chi connectivity index (χ3v) is 7.76. The molecule has 0 unspecified atom stereocenters. The van der Waals surface area contributed by atoms with E-state index in [2.05, 4.69) is 10.1 Å². The van der Waals surface area contributed by atoms with Gasteiger partial charge in [-0.05, 0) is 68.1 Å². The lowest BCUT2D eigenvalue weighted by molar-refractivity contribution is -0.116. The molecule has 0 aromatic heterocycles. The molecule has 0 aliphatic carbocycles. The van der Waals surface area contributed by atoms with Crippen molar-refractivity contribution in [3.63, 3.8) is 0 Å². The van der Waals surface area contributed by atoms with Gasteiger partial charge in [-0.15, -0.1) is 0 Å². The van der Waals surface area contributed by atoms with Crippen LogP contribution in [0.4, 0.5) is 5.69 Å². The van der Waals surface area contributed by atoms with E-state index in [0.717, 1.165) is 11.1 Å². The van der Waals surface area contributed by atoms with E-state index in [-0.39, 0.29) is 18.0 Å². The lowest BCUT2D eigenvalue weighted by atomic mass is 10.1. The Morgan fingerprint density at radius 1 is 0.914 bits per heavy atom. The summed E-state index contributed by atoms with van der Waals surface area (Å²) >= 11 is 0. The number of rotatable bonds is 9. The van der Waals surface area contributed by atoms with Crippen molar-refractivity contribution in [1.82, 2.24) is 4.31 Å². The number of nitrogens with one attached hydrogen (secondary N) is 1. The van der Waals surface area contributed by atoms with E-state index >= 15 is 0 Å². The summed E-state index contributed by atoms with van der Waals surface area (Å²) in [5, 5.41) is 2.72. The highest BCUT2D eigenvalue weighted by Gasteiger charge is 2.29. The van der Waals surface area contributed by atoms with Gasteiger partial charge in [-0.1, -0.05) is 48.0 Å². The molecule has 0 fully saturated rings. The monoisotopic (exact) mass is 494 g/mol. The van der Waals surface area contributed by atoms with Crippen LogP contribution in [0.25, 0.3) is 0 Å². The molecule has 7 nitrogen and oxygen atoms in total. The van der Waals surface area contributed by atoms with Crippen molar-refractivity contribution in [3.8, 4) is 0 Å². The maximum absolute atomic E-state index is 13.7. The van der Waals surface area contributed by atoms with Gasteiger partial charge in [0.15, 0.2) is 0 Å². The van der Waals surface area contributed by atoms with Gasteiger partial charge < -0.3 is 10.1 Å². The summed E-state index contributed by atoms with van der Waals surface area (Å²) < 4.78 is 33.4. The zero-order valence-electron chi connectivity index (χ0n) is 20.4. The second-order valence-electron chi connectivity index (χ2n) is 8.42. The van der Waals surface area contributed by atoms with Gasteiger partial charge in [-0.25, -0.2) is 13.2 Å². The smallest absolute Gasteiger partial charge is 0.337 e. The fourth-order valence-corrected chi connectivity index (χ4v) is 5.86. The van der Waals surface area contributed by atoms with Crippen LogP contribution in [-0.2, 0) is 26.0 Å². The molecular formula is C27H30N2O5S. The molecule has 3 aromatic rings. The summed E-state index contributed by atoms with van der Waals surface area (Å²) in [7, 11) is -2.66. The fourth-order valence-electron chi connectivity index (χ4n) is 4.05. The van der Waals surface area contributed by atoms with Crippen molar-refractivity contribution >= 4 is 27.6 Å². The molecule has 0 bridgehead atoms. The predicted molar refractivity (Wildman–Crippen MR) is 136 cm³/mol. The maximum atomic E-state index is 13.7. The van der Waals surface area contributed by atoms with Crippen LogP contribution >= 0.6 is 0 Å². The number of benzene rings is 3. The van der Waals surface area contributed by atoms with Gasteiger partial charge in [0.25, 0.3) is 0 Å². The minimum atomic E-state index is -3.95. The molecule has 0 spiro atoms. The largest absolute Gasteiger partial charge is 0.465 e. The Morgan fingerprint density at radius 2 is 1.51 bits per heavy atom. The number of sulfonamides is 1. The van der Waals surface area contributed by atoms with Gasteiger partial charge >= 0.3 is 5.97 Å². The van der Waals surface area contributed by atoms with Crippen LogP contribution < -0.4 is 5.32 Å². The third-order valence-electron chi connectivity index (χ3n) is 5.60. The van der Waals surface area contributed by atoms with Crippen LogP contribution in [0.3, 0.4) is 0 Å². The first-order chi connectivity index (χ1) is 16.6. The van der Waals surface area contributed by atoms with Crippen molar-refractivity contribution < 1.29 is 22.7 Å². The second kappa shape index (κ2) is 11.3. The number of ether oxygens (including phenoxy) is 1. The van der Waals surface area contributed by atoms with Gasteiger partial charge in [-0.3, -0.25) is 4.79 Å². The van der Waals surface area contributed by atoms with Gasteiger partial charge in [0.05, 0.1) is 24.1 Å². The van der Waals surface area contributed by atoms with Crippen molar-refractivity contribution in [3.05, 3.63) is 94.5 Å². The lowest BCUT2D eigenvalue weighted by Crippen LogP contribution is -2.39. The molecule has 0 saturated heterocycles. The van der Waals surface area contributed by atoms with E-state index in [0.29, 0.717) is 28.8 Å². The van der Waals surface area contributed by atoms with Crippen LogP contribution in [0.15, 0.2) is 71.6 Å². The number of aryl methyl sites for hydroxylation is 3. The molecule has 1 amide bonds. The van der Waals surface area contributed by atoms with E-state index in [9.17, 15) is 18.0 Å². The number of hydrogen-bond donors (Lipinski definition) is 1. The number of carbonyl (C=O) groups excluding carboxylic acids is 2. The molecule has 0 radical (unpaired) electrons. The molecule has 0 saturated carbocycles. The summed E-state index contributed by atoms with van der Waals surface area (Å²) in [4.78, 5) is 24.7. The Hall–Kier alpha value is -3.49. The van der Waals surface area contributed by atoms with Crippen molar-refractivity contribution in [2.24, 2.45) is 0 Å². The Kier molecular flexibility index (Phi) is 8.43. The van der Waals surface area contributed by atoms with Gasteiger partial charge in [-0.2, -0.15) is 4.31 Å². The zero-order valence-corrected chi connectivity index (χ0v) is 21.2. The van der Waals surface area contributed by atoms with Crippen molar-refractivity contribution in [2.75, 3.05) is 25.5 Å². The van der Waals surface area contributed by atoms with Crippen molar-refractivity contribution in [2.45, 2.75) is 32.1 Å². The first-order valence-corrected chi connectivity index (χ1v) is 12.7. The molecule has 35 heavy (non-hydrogen) atoms. The summed E-state index contributed by atoms with van der Waals surface area (Å²) in [6.45, 7) is 5.26. The lowest BCUT2D eigenvalue weighted by Gasteiger charge is -2.24. The van der Waals surface area contributed by atoms with Gasteiger partial charge in [0.1, 0.15) is 0 Å². The number of carbonyl (C=O) groups is 2. The predicted octanol–water partition coefficient (Wildman–Crippen LogP) is 4.27.